The van der Waals surface area contributed by atoms with E-state index in [0.29, 0.717) is 6.42 Å². The van der Waals surface area contributed by atoms with Gasteiger partial charge in [-0.25, -0.2) is 4.57 Å². The number of ether oxygens (including phenoxy) is 2. The second-order valence-electron chi connectivity index (χ2n) is 8.57. The van der Waals surface area contributed by atoms with E-state index in [4.69, 9.17) is 19.7 Å². The van der Waals surface area contributed by atoms with Gasteiger partial charge in [0, 0.05) is 19.4 Å². The van der Waals surface area contributed by atoms with Gasteiger partial charge in [0.2, 0.25) is 0 Å². The quantitative estimate of drug-likeness (QED) is 0.0992. The summed E-state index contributed by atoms with van der Waals surface area (Å²) in [5, 5.41) is 0. The molecule has 0 heterocycles. The van der Waals surface area contributed by atoms with Crippen LogP contribution in [-0.4, -0.2) is 49.3 Å². The molecule has 0 aromatic carbocycles. The highest BCUT2D eigenvalue weighted by Crippen LogP contribution is 2.43. The first-order valence-electron chi connectivity index (χ1n) is 13.0. The van der Waals surface area contributed by atoms with E-state index < -0.39 is 32.5 Å². The molecule has 0 fully saturated rings. The molecule has 0 amide bonds. The second-order valence-corrected chi connectivity index (χ2v) is 10.0. The number of hydrogen-bond donors (Lipinski definition) is 2. The Kier molecular flexibility index (Phi) is 21.8. The summed E-state index contributed by atoms with van der Waals surface area (Å²) >= 11 is 0. The molecule has 0 aliphatic carbocycles. The maximum absolute atomic E-state index is 12.0. The third-order valence-electron chi connectivity index (χ3n) is 5.21. The zero-order valence-corrected chi connectivity index (χ0v) is 22.2. The molecule has 1 unspecified atom stereocenters. The van der Waals surface area contributed by atoms with Crippen molar-refractivity contribution in [3.8, 4) is 0 Å². The van der Waals surface area contributed by atoms with Gasteiger partial charge in [0.05, 0.1) is 13.2 Å². The van der Waals surface area contributed by atoms with E-state index in [1.54, 1.807) is 0 Å². The van der Waals surface area contributed by atoms with Gasteiger partial charge in [-0.1, -0.05) is 84.5 Å². The molecule has 34 heavy (non-hydrogen) atoms. The molecule has 0 radical (unpaired) electrons. The Bertz CT molecular complexity index is 561. The van der Waals surface area contributed by atoms with Crippen LogP contribution < -0.4 is 5.73 Å². The summed E-state index contributed by atoms with van der Waals surface area (Å²) in [5.41, 5.74) is 5.24. The molecule has 0 aromatic heterocycles. The summed E-state index contributed by atoms with van der Waals surface area (Å²) in [4.78, 5) is 33.4. The van der Waals surface area contributed by atoms with E-state index in [9.17, 15) is 19.0 Å². The fourth-order valence-corrected chi connectivity index (χ4v) is 4.08. The van der Waals surface area contributed by atoms with Crippen molar-refractivity contribution in [1.29, 1.82) is 0 Å². The standard InChI is InChI=1S/C24H48NO8P/c1-3-5-6-7-8-9-10-11-12-13-14-15-17-23(26)30-20-22(33-24(27)16-4-2)21-32-34(28,29)31-19-18-25/h22H,3-21,25H2,1-2H3,(H,28,29)/t22-/m1/s1. The third kappa shape index (κ3) is 21.5. The van der Waals surface area contributed by atoms with E-state index in [1.807, 2.05) is 6.92 Å². The van der Waals surface area contributed by atoms with Crippen LogP contribution in [0.4, 0.5) is 0 Å². The van der Waals surface area contributed by atoms with Crippen molar-refractivity contribution in [2.24, 2.45) is 5.73 Å². The van der Waals surface area contributed by atoms with Gasteiger partial charge in [0.1, 0.15) is 6.61 Å². The summed E-state index contributed by atoms with van der Waals surface area (Å²) < 4.78 is 31.7. The van der Waals surface area contributed by atoms with Crippen molar-refractivity contribution in [1.82, 2.24) is 0 Å². The molecule has 0 aliphatic rings. The zero-order chi connectivity index (χ0) is 25.5. The number of phosphoric ester groups is 1. The molecule has 0 aliphatic heterocycles. The Balaban J connectivity index is 4.04. The lowest BCUT2D eigenvalue weighted by Crippen LogP contribution is -2.29. The number of esters is 2. The fraction of sp³-hybridized carbons (Fsp3) is 0.917. The van der Waals surface area contributed by atoms with Crippen LogP contribution in [0, 0.1) is 0 Å². The van der Waals surface area contributed by atoms with Crippen molar-refractivity contribution in [3.63, 3.8) is 0 Å². The lowest BCUT2D eigenvalue weighted by Gasteiger charge is -2.19. The van der Waals surface area contributed by atoms with E-state index in [-0.39, 0.29) is 32.6 Å². The van der Waals surface area contributed by atoms with E-state index in [2.05, 4.69) is 11.4 Å². The Morgan fingerprint density at radius 1 is 0.765 bits per heavy atom. The predicted molar refractivity (Wildman–Crippen MR) is 132 cm³/mol. The number of nitrogens with two attached hydrogens (primary N) is 1. The molecule has 0 rings (SSSR count). The summed E-state index contributed by atoms with van der Waals surface area (Å²) in [6.45, 7) is 3.28. The minimum atomic E-state index is -4.32. The number of phosphoric acid groups is 1. The Hall–Kier alpha value is -0.990. The molecule has 3 N–H and O–H groups in total. The topological polar surface area (TPSA) is 134 Å². The molecule has 202 valence electrons. The van der Waals surface area contributed by atoms with Gasteiger partial charge in [-0.2, -0.15) is 0 Å². The number of rotatable bonds is 24. The van der Waals surface area contributed by atoms with Crippen molar-refractivity contribution in [3.05, 3.63) is 0 Å². The maximum atomic E-state index is 12.0. The minimum absolute atomic E-state index is 0.0551. The van der Waals surface area contributed by atoms with Crippen LogP contribution in [0.2, 0.25) is 0 Å². The van der Waals surface area contributed by atoms with Crippen LogP contribution in [0.1, 0.15) is 110 Å². The monoisotopic (exact) mass is 509 g/mol. The second kappa shape index (κ2) is 22.5. The van der Waals surface area contributed by atoms with Crippen LogP contribution in [0.5, 0.6) is 0 Å². The highest BCUT2D eigenvalue weighted by Gasteiger charge is 2.25. The van der Waals surface area contributed by atoms with Gasteiger partial charge in [0.15, 0.2) is 6.10 Å². The first kappa shape index (κ1) is 33.0. The molecule has 0 spiro atoms. The average Bonchev–Trinajstić information content (AvgIpc) is 2.80. The van der Waals surface area contributed by atoms with Gasteiger partial charge in [0.25, 0.3) is 0 Å². The Morgan fingerprint density at radius 3 is 1.85 bits per heavy atom. The highest BCUT2D eigenvalue weighted by atomic mass is 31.2. The summed E-state index contributed by atoms with van der Waals surface area (Å²) in [7, 11) is -4.32. The van der Waals surface area contributed by atoms with Crippen LogP contribution in [0.25, 0.3) is 0 Å². The third-order valence-corrected chi connectivity index (χ3v) is 6.20. The highest BCUT2D eigenvalue weighted by molar-refractivity contribution is 7.47. The number of carbonyl (C=O) groups excluding carboxylic acids is 2. The van der Waals surface area contributed by atoms with E-state index in [1.165, 1.54) is 57.8 Å². The van der Waals surface area contributed by atoms with Crippen molar-refractivity contribution in [2.45, 2.75) is 116 Å². The Labute approximate surface area is 206 Å². The number of unbranched alkanes of at least 4 members (excludes halogenated alkanes) is 11. The molecule has 0 aromatic rings. The Morgan fingerprint density at radius 2 is 1.32 bits per heavy atom. The lowest BCUT2D eigenvalue weighted by atomic mass is 10.0. The molecular formula is C24H48NO8P. The molecular weight excluding hydrogens is 461 g/mol. The molecule has 9 nitrogen and oxygen atoms in total. The van der Waals surface area contributed by atoms with Gasteiger partial charge in [-0.05, 0) is 12.8 Å². The maximum Gasteiger partial charge on any atom is 0.472 e. The minimum Gasteiger partial charge on any atom is -0.462 e. The zero-order valence-electron chi connectivity index (χ0n) is 21.3. The van der Waals surface area contributed by atoms with Crippen LogP contribution >= 0.6 is 7.82 Å². The largest absolute Gasteiger partial charge is 0.472 e. The average molecular weight is 510 g/mol. The van der Waals surface area contributed by atoms with Crippen molar-refractivity contribution < 1.29 is 37.6 Å². The molecule has 10 heteroatoms. The molecule has 0 saturated heterocycles. The fourth-order valence-electron chi connectivity index (χ4n) is 3.32. The molecule has 0 saturated carbocycles. The SMILES string of the molecule is CCCCCCCCCCCCCCC(=O)OC[C@H](COP(=O)(O)OCCN)OC(=O)CCC. The van der Waals surface area contributed by atoms with Gasteiger partial charge < -0.3 is 20.1 Å². The van der Waals surface area contributed by atoms with Crippen LogP contribution in [-0.2, 0) is 32.7 Å². The number of carbonyl (C=O) groups is 2. The summed E-state index contributed by atoms with van der Waals surface area (Å²) in [5.74, 6) is -0.890. The molecule has 2 atom stereocenters. The predicted octanol–water partition coefficient (Wildman–Crippen LogP) is 5.43. The summed E-state index contributed by atoms with van der Waals surface area (Å²) in [6, 6.07) is 0. The first-order valence-corrected chi connectivity index (χ1v) is 14.5. The van der Waals surface area contributed by atoms with E-state index >= 15 is 0 Å². The normalized spacial score (nSPS) is 13.9. The van der Waals surface area contributed by atoms with Gasteiger partial charge >= 0.3 is 19.8 Å². The van der Waals surface area contributed by atoms with Crippen molar-refractivity contribution >= 4 is 19.8 Å². The van der Waals surface area contributed by atoms with Gasteiger partial charge in [-0.15, -0.1) is 0 Å². The lowest BCUT2D eigenvalue weighted by molar-refractivity contribution is -0.161. The molecule has 0 bridgehead atoms. The van der Waals surface area contributed by atoms with Crippen molar-refractivity contribution in [2.75, 3.05) is 26.4 Å². The van der Waals surface area contributed by atoms with Gasteiger partial charge in [-0.3, -0.25) is 18.6 Å². The summed E-state index contributed by atoms with van der Waals surface area (Å²) in [6.07, 6.45) is 14.6. The van der Waals surface area contributed by atoms with Crippen LogP contribution in [0.3, 0.4) is 0 Å². The van der Waals surface area contributed by atoms with Crippen LogP contribution in [0.15, 0.2) is 0 Å². The van der Waals surface area contributed by atoms with E-state index in [0.717, 1.165) is 19.3 Å². The number of hydrogen-bond acceptors (Lipinski definition) is 8. The first-order chi connectivity index (χ1) is 16.3. The smallest absolute Gasteiger partial charge is 0.462 e.